The number of hydrogen-bond acceptors (Lipinski definition) is 7. The maximum absolute atomic E-state index is 6.19. The molecule has 0 saturated heterocycles. The highest BCUT2D eigenvalue weighted by Gasteiger charge is 2.17. The summed E-state index contributed by atoms with van der Waals surface area (Å²) in [5, 5.41) is 0.682. The lowest BCUT2D eigenvalue weighted by atomic mass is 9.99. The number of aromatic nitrogens is 3. The molecule has 0 radical (unpaired) electrons. The molecule has 0 amide bonds. The van der Waals surface area contributed by atoms with Crippen LogP contribution in [0.4, 0.5) is 5.82 Å². The first-order valence-corrected chi connectivity index (χ1v) is 8.93. The molecule has 2 heterocycles. The second-order valence-electron chi connectivity index (χ2n) is 6.28. The molecule has 2 aromatic carbocycles. The summed E-state index contributed by atoms with van der Waals surface area (Å²) in [4.78, 5) is 13.2. The van der Waals surface area contributed by atoms with Crippen LogP contribution in [-0.2, 0) is 0 Å². The van der Waals surface area contributed by atoms with Gasteiger partial charge in [-0.25, -0.2) is 15.0 Å². The van der Waals surface area contributed by atoms with Crippen LogP contribution in [0.15, 0.2) is 54.9 Å². The van der Waals surface area contributed by atoms with Crippen LogP contribution in [0.5, 0.6) is 17.2 Å². The van der Waals surface area contributed by atoms with E-state index >= 15 is 0 Å². The average Bonchev–Trinajstić information content (AvgIpc) is 2.78. The summed E-state index contributed by atoms with van der Waals surface area (Å²) in [7, 11) is 4.84. The van der Waals surface area contributed by atoms with Crippen LogP contribution in [0.3, 0.4) is 0 Å². The molecule has 0 aliphatic rings. The van der Waals surface area contributed by atoms with Gasteiger partial charge < -0.3 is 19.9 Å². The smallest absolute Gasteiger partial charge is 0.165 e. The number of para-hydroxylation sites is 1. The zero-order valence-corrected chi connectivity index (χ0v) is 16.3. The lowest BCUT2D eigenvalue weighted by Crippen LogP contribution is -2.00. The Hall–Kier alpha value is -3.87. The van der Waals surface area contributed by atoms with Gasteiger partial charge in [-0.3, -0.25) is 0 Å². The van der Waals surface area contributed by atoms with Crippen molar-refractivity contribution in [2.45, 2.75) is 0 Å². The molecule has 0 fully saturated rings. The molecule has 0 saturated carbocycles. The molecule has 2 aromatic heterocycles. The molecule has 0 aliphatic heterocycles. The fourth-order valence-corrected chi connectivity index (χ4v) is 3.31. The summed E-state index contributed by atoms with van der Waals surface area (Å²) >= 11 is 0. The predicted molar refractivity (Wildman–Crippen MR) is 112 cm³/mol. The number of nitrogen functional groups attached to an aromatic ring is 1. The van der Waals surface area contributed by atoms with Crippen molar-refractivity contribution in [1.29, 1.82) is 0 Å². The van der Waals surface area contributed by atoms with Crippen molar-refractivity contribution in [2.75, 3.05) is 27.1 Å². The summed E-state index contributed by atoms with van der Waals surface area (Å²) in [5.41, 5.74) is 10.00. The van der Waals surface area contributed by atoms with E-state index in [-0.39, 0.29) is 0 Å². The van der Waals surface area contributed by atoms with E-state index in [1.54, 1.807) is 21.3 Å². The monoisotopic (exact) mass is 388 g/mol. The number of pyridine rings is 1. The Labute approximate surface area is 168 Å². The number of nitrogens with two attached hydrogens (primary N) is 1. The highest BCUT2D eigenvalue weighted by Crippen LogP contribution is 2.39. The number of nitrogens with zero attached hydrogens (tertiary/aromatic N) is 3. The van der Waals surface area contributed by atoms with Crippen LogP contribution in [-0.4, -0.2) is 36.3 Å². The molecule has 146 valence electrons. The van der Waals surface area contributed by atoms with Gasteiger partial charge in [0.25, 0.3) is 0 Å². The Kier molecular flexibility index (Phi) is 4.87. The van der Waals surface area contributed by atoms with Gasteiger partial charge >= 0.3 is 0 Å². The van der Waals surface area contributed by atoms with E-state index in [9.17, 15) is 0 Å². The van der Waals surface area contributed by atoms with E-state index in [4.69, 9.17) is 24.9 Å². The molecule has 0 bridgehead atoms. The van der Waals surface area contributed by atoms with Gasteiger partial charge in [-0.05, 0) is 30.3 Å². The van der Waals surface area contributed by atoms with Gasteiger partial charge in [-0.1, -0.05) is 18.2 Å². The minimum absolute atomic E-state index is 0.363. The molecule has 0 atom stereocenters. The first-order valence-electron chi connectivity index (χ1n) is 8.93. The number of hydrogen-bond donors (Lipinski definition) is 1. The van der Waals surface area contributed by atoms with E-state index in [1.165, 1.54) is 6.33 Å². The van der Waals surface area contributed by atoms with Crippen molar-refractivity contribution >= 4 is 16.9 Å². The molecule has 4 rings (SSSR count). The molecule has 7 nitrogen and oxygen atoms in total. The van der Waals surface area contributed by atoms with Crippen LogP contribution < -0.4 is 19.9 Å². The minimum atomic E-state index is 0.363. The van der Waals surface area contributed by atoms with Crippen LogP contribution in [0.1, 0.15) is 0 Å². The van der Waals surface area contributed by atoms with Crippen LogP contribution in [0, 0.1) is 0 Å². The molecule has 7 heteroatoms. The van der Waals surface area contributed by atoms with Gasteiger partial charge in [0.15, 0.2) is 17.1 Å². The standard InChI is InChI=1S/C22H20N4O3/c1-27-17-7-5-4-6-14(17)15-11-16(26-22-20(15)21(23)24-12-25-22)13-8-9-18(28-2)19(10-13)29-3/h4-12H,1-3H3,(H2,23,24,25,26). The van der Waals surface area contributed by atoms with E-state index < -0.39 is 0 Å². The summed E-state index contributed by atoms with van der Waals surface area (Å²) in [6, 6.07) is 15.3. The molecule has 29 heavy (non-hydrogen) atoms. The number of fused-ring (bicyclic) bond motifs is 1. The maximum Gasteiger partial charge on any atom is 0.165 e. The van der Waals surface area contributed by atoms with Crippen molar-refractivity contribution in [2.24, 2.45) is 0 Å². The largest absolute Gasteiger partial charge is 0.496 e. The summed E-state index contributed by atoms with van der Waals surface area (Å²) in [5.74, 6) is 2.35. The second kappa shape index (κ2) is 7.63. The molecule has 0 aliphatic carbocycles. The average molecular weight is 388 g/mol. The first kappa shape index (κ1) is 18.5. The summed E-state index contributed by atoms with van der Waals surface area (Å²) in [6.07, 6.45) is 1.41. The number of rotatable bonds is 5. The van der Waals surface area contributed by atoms with E-state index in [1.807, 2.05) is 48.5 Å². The SMILES string of the molecule is COc1ccc(-c2cc(-c3ccccc3OC)c3c(N)ncnc3n2)cc1OC. The van der Waals surface area contributed by atoms with Gasteiger partial charge in [-0.15, -0.1) is 0 Å². The number of methoxy groups -OCH3 is 3. The van der Waals surface area contributed by atoms with Crippen LogP contribution in [0.25, 0.3) is 33.4 Å². The Morgan fingerprint density at radius 2 is 1.52 bits per heavy atom. The number of benzene rings is 2. The maximum atomic E-state index is 6.19. The van der Waals surface area contributed by atoms with Crippen molar-refractivity contribution in [3.05, 3.63) is 54.9 Å². The first-order chi connectivity index (χ1) is 14.2. The summed E-state index contributed by atoms with van der Waals surface area (Å²) < 4.78 is 16.3. The Morgan fingerprint density at radius 3 is 2.28 bits per heavy atom. The lowest BCUT2D eigenvalue weighted by Gasteiger charge is -2.14. The molecular weight excluding hydrogens is 368 g/mol. The molecular formula is C22H20N4O3. The third kappa shape index (κ3) is 3.27. The van der Waals surface area contributed by atoms with Crippen molar-refractivity contribution in [3.8, 4) is 39.6 Å². The van der Waals surface area contributed by atoms with Gasteiger partial charge in [0.2, 0.25) is 0 Å². The highest BCUT2D eigenvalue weighted by atomic mass is 16.5. The molecule has 0 spiro atoms. The van der Waals surface area contributed by atoms with E-state index in [0.29, 0.717) is 28.4 Å². The minimum Gasteiger partial charge on any atom is -0.496 e. The third-order valence-corrected chi connectivity index (χ3v) is 4.71. The van der Waals surface area contributed by atoms with E-state index in [0.717, 1.165) is 28.1 Å². The topological polar surface area (TPSA) is 92.4 Å². The third-order valence-electron chi connectivity index (χ3n) is 4.71. The normalized spacial score (nSPS) is 10.7. The predicted octanol–water partition coefficient (Wildman–Crippen LogP) is 3.97. The number of ether oxygens (including phenoxy) is 3. The van der Waals surface area contributed by atoms with E-state index in [2.05, 4.69) is 9.97 Å². The zero-order valence-electron chi connectivity index (χ0n) is 16.3. The zero-order chi connectivity index (χ0) is 20.4. The van der Waals surface area contributed by atoms with Gasteiger partial charge in [0.05, 0.1) is 32.4 Å². The molecule has 0 unspecified atom stereocenters. The van der Waals surface area contributed by atoms with Crippen molar-refractivity contribution in [1.82, 2.24) is 15.0 Å². The van der Waals surface area contributed by atoms with Gasteiger partial charge in [-0.2, -0.15) is 0 Å². The quantitative estimate of drug-likeness (QED) is 0.553. The fourth-order valence-electron chi connectivity index (χ4n) is 3.31. The van der Waals surface area contributed by atoms with Crippen molar-refractivity contribution in [3.63, 3.8) is 0 Å². The van der Waals surface area contributed by atoms with Crippen LogP contribution >= 0.6 is 0 Å². The van der Waals surface area contributed by atoms with Crippen molar-refractivity contribution < 1.29 is 14.2 Å². The molecule has 4 aromatic rings. The second-order valence-corrected chi connectivity index (χ2v) is 6.28. The Balaban J connectivity index is 2.01. The molecule has 2 N–H and O–H groups in total. The Morgan fingerprint density at radius 1 is 0.759 bits per heavy atom. The fraction of sp³-hybridized carbons (Fsp3) is 0.136. The Bertz CT molecular complexity index is 1190. The lowest BCUT2D eigenvalue weighted by molar-refractivity contribution is 0.355. The summed E-state index contributed by atoms with van der Waals surface area (Å²) in [6.45, 7) is 0. The van der Waals surface area contributed by atoms with Gasteiger partial charge in [0, 0.05) is 16.7 Å². The highest BCUT2D eigenvalue weighted by molar-refractivity contribution is 6.02. The van der Waals surface area contributed by atoms with Crippen LogP contribution in [0.2, 0.25) is 0 Å². The number of anilines is 1. The van der Waals surface area contributed by atoms with Gasteiger partial charge in [0.1, 0.15) is 17.9 Å².